The Bertz CT molecular complexity index is 446. The lowest BCUT2D eigenvalue weighted by Crippen LogP contribution is -2.27. The number of hydrogen-bond donors (Lipinski definition) is 1. The first kappa shape index (κ1) is 16.3. The zero-order valence-corrected chi connectivity index (χ0v) is 14.2. The Kier molecular flexibility index (Phi) is 5.66. The molecule has 0 spiro atoms. The minimum Gasteiger partial charge on any atom is -0.352 e. The number of hydrogen-bond acceptors (Lipinski definition) is 1. The Labute approximate surface area is 130 Å². The number of allylic oxidation sites excluding steroid dienone is 3. The highest BCUT2D eigenvalue weighted by molar-refractivity contribution is 5.92. The van der Waals surface area contributed by atoms with Crippen LogP contribution in [0.3, 0.4) is 0 Å². The molecule has 1 saturated carbocycles. The predicted octanol–water partition coefficient (Wildman–Crippen LogP) is 4.62. The summed E-state index contributed by atoms with van der Waals surface area (Å²) in [5.41, 5.74) is 4.15. The van der Waals surface area contributed by atoms with Crippen molar-refractivity contribution in [1.29, 1.82) is 0 Å². The van der Waals surface area contributed by atoms with Crippen molar-refractivity contribution >= 4 is 5.91 Å². The maximum atomic E-state index is 12.1. The summed E-state index contributed by atoms with van der Waals surface area (Å²) in [7, 11) is 0. The van der Waals surface area contributed by atoms with Crippen LogP contribution in [-0.4, -0.2) is 12.5 Å². The fraction of sp³-hybridized carbons (Fsp3) is 0.737. The van der Waals surface area contributed by atoms with Crippen LogP contribution in [0.4, 0.5) is 0 Å². The van der Waals surface area contributed by atoms with Gasteiger partial charge in [-0.15, -0.1) is 0 Å². The van der Waals surface area contributed by atoms with Gasteiger partial charge in [-0.25, -0.2) is 0 Å². The van der Waals surface area contributed by atoms with Crippen molar-refractivity contribution in [3.05, 3.63) is 22.8 Å². The molecule has 0 saturated heterocycles. The SMILES string of the molecule is CCCCNC(=O)/C(C)=C/[C@@H]1CC[C@@H](C)[C@H]2CCC(C)=C12. The molecule has 1 N–H and O–H groups in total. The first-order valence-corrected chi connectivity index (χ1v) is 8.70. The predicted molar refractivity (Wildman–Crippen MR) is 89.0 cm³/mol. The number of amides is 1. The van der Waals surface area contributed by atoms with Crippen molar-refractivity contribution in [2.24, 2.45) is 17.8 Å². The summed E-state index contributed by atoms with van der Waals surface area (Å²) in [5.74, 6) is 2.22. The van der Waals surface area contributed by atoms with Crippen LogP contribution in [0.1, 0.15) is 66.2 Å². The van der Waals surface area contributed by atoms with Gasteiger partial charge in [-0.2, -0.15) is 0 Å². The lowest BCUT2D eigenvalue weighted by Gasteiger charge is -2.34. The molecule has 3 atom stereocenters. The molecule has 2 heteroatoms. The van der Waals surface area contributed by atoms with Gasteiger partial charge in [0.2, 0.25) is 5.91 Å². The third-order valence-corrected chi connectivity index (χ3v) is 5.37. The van der Waals surface area contributed by atoms with Crippen molar-refractivity contribution in [1.82, 2.24) is 5.32 Å². The summed E-state index contributed by atoms with van der Waals surface area (Å²) < 4.78 is 0. The van der Waals surface area contributed by atoms with Gasteiger partial charge in [-0.05, 0) is 63.7 Å². The minimum atomic E-state index is 0.120. The van der Waals surface area contributed by atoms with Crippen LogP contribution in [0.15, 0.2) is 22.8 Å². The van der Waals surface area contributed by atoms with E-state index in [4.69, 9.17) is 0 Å². The Morgan fingerprint density at radius 3 is 2.81 bits per heavy atom. The summed E-state index contributed by atoms with van der Waals surface area (Å²) in [4.78, 5) is 12.1. The molecule has 0 bridgehead atoms. The van der Waals surface area contributed by atoms with E-state index < -0.39 is 0 Å². The van der Waals surface area contributed by atoms with Gasteiger partial charge in [0.15, 0.2) is 0 Å². The van der Waals surface area contributed by atoms with E-state index >= 15 is 0 Å². The second-order valence-electron chi connectivity index (χ2n) is 7.00. The molecule has 1 amide bonds. The number of rotatable bonds is 5. The monoisotopic (exact) mass is 289 g/mol. The number of nitrogens with one attached hydrogen (secondary N) is 1. The molecule has 0 unspecified atom stereocenters. The highest BCUT2D eigenvalue weighted by atomic mass is 16.1. The Morgan fingerprint density at radius 2 is 2.10 bits per heavy atom. The fourth-order valence-corrected chi connectivity index (χ4v) is 4.04. The number of unbranched alkanes of at least 4 members (excludes halogenated alkanes) is 1. The van der Waals surface area contributed by atoms with Gasteiger partial charge in [-0.1, -0.05) is 37.5 Å². The number of fused-ring (bicyclic) bond motifs is 1. The quantitative estimate of drug-likeness (QED) is 0.446. The molecule has 0 aromatic rings. The number of carbonyl (C=O) groups excluding carboxylic acids is 1. The number of carbonyl (C=O) groups is 1. The molecule has 2 aliphatic carbocycles. The van der Waals surface area contributed by atoms with Gasteiger partial charge in [0, 0.05) is 12.1 Å². The Balaban J connectivity index is 2.05. The van der Waals surface area contributed by atoms with Crippen LogP contribution in [0, 0.1) is 17.8 Å². The Hall–Kier alpha value is -1.05. The molecular weight excluding hydrogens is 258 g/mol. The third-order valence-electron chi connectivity index (χ3n) is 5.37. The van der Waals surface area contributed by atoms with E-state index in [1.807, 2.05) is 6.92 Å². The Morgan fingerprint density at radius 1 is 1.33 bits per heavy atom. The van der Waals surface area contributed by atoms with Crippen LogP contribution in [0.25, 0.3) is 0 Å². The van der Waals surface area contributed by atoms with Crippen molar-refractivity contribution in [3.63, 3.8) is 0 Å². The molecule has 0 radical (unpaired) electrons. The van der Waals surface area contributed by atoms with Gasteiger partial charge < -0.3 is 5.32 Å². The van der Waals surface area contributed by atoms with Gasteiger partial charge in [0.05, 0.1) is 0 Å². The largest absolute Gasteiger partial charge is 0.352 e. The second kappa shape index (κ2) is 7.29. The average Bonchev–Trinajstić information content (AvgIpc) is 2.85. The topological polar surface area (TPSA) is 29.1 Å². The van der Waals surface area contributed by atoms with Crippen LogP contribution in [-0.2, 0) is 4.79 Å². The molecule has 0 aliphatic heterocycles. The van der Waals surface area contributed by atoms with Crippen molar-refractivity contribution in [3.8, 4) is 0 Å². The van der Waals surface area contributed by atoms with Crippen LogP contribution in [0.5, 0.6) is 0 Å². The van der Waals surface area contributed by atoms with Crippen molar-refractivity contribution < 1.29 is 4.79 Å². The minimum absolute atomic E-state index is 0.120. The van der Waals surface area contributed by atoms with E-state index in [9.17, 15) is 4.79 Å². The second-order valence-corrected chi connectivity index (χ2v) is 7.00. The first-order valence-electron chi connectivity index (χ1n) is 8.70. The van der Waals surface area contributed by atoms with Gasteiger partial charge in [0.1, 0.15) is 0 Å². The smallest absolute Gasteiger partial charge is 0.246 e. The van der Waals surface area contributed by atoms with E-state index in [0.29, 0.717) is 5.92 Å². The van der Waals surface area contributed by atoms with Crippen LogP contribution >= 0.6 is 0 Å². The highest BCUT2D eigenvalue weighted by Crippen LogP contribution is 2.48. The molecule has 2 rings (SSSR count). The van der Waals surface area contributed by atoms with Crippen molar-refractivity contribution in [2.45, 2.75) is 66.2 Å². The van der Waals surface area contributed by atoms with Crippen LogP contribution < -0.4 is 5.32 Å². The average molecular weight is 289 g/mol. The molecule has 2 nitrogen and oxygen atoms in total. The summed E-state index contributed by atoms with van der Waals surface area (Å²) >= 11 is 0. The summed E-state index contributed by atoms with van der Waals surface area (Å²) in [5, 5.41) is 3.03. The third kappa shape index (κ3) is 3.78. The highest BCUT2D eigenvalue weighted by Gasteiger charge is 2.35. The maximum Gasteiger partial charge on any atom is 0.246 e. The molecule has 0 heterocycles. The van der Waals surface area contributed by atoms with E-state index in [0.717, 1.165) is 36.8 Å². The van der Waals surface area contributed by atoms with E-state index in [1.54, 1.807) is 11.1 Å². The zero-order valence-electron chi connectivity index (χ0n) is 14.2. The molecule has 118 valence electrons. The summed E-state index contributed by atoms with van der Waals surface area (Å²) in [6, 6.07) is 0. The lowest BCUT2D eigenvalue weighted by atomic mass is 9.71. The normalized spacial score (nSPS) is 29.5. The maximum absolute atomic E-state index is 12.1. The van der Waals surface area contributed by atoms with E-state index in [1.165, 1.54) is 25.7 Å². The van der Waals surface area contributed by atoms with Gasteiger partial charge in [0.25, 0.3) is 0 Å². The standard InChI is InChI=1S/C19H31NO/c1-5-6-11-20-19(21)15(4)12-16-9-7-13(2)17-10-8-14(3)18(16)17/h12-13,16-17H,5-11H2,1-4H3,(H,20,21)/b15-12+/t13-,16+,17-/m1/s1. The van der Waals surface area contributed by atoms with Crippen LogP contribution in [0.2, 0.25) is 0 Å². The summed E-state index contributed by atoms with van der Waals surface area (Å²) in [6.07, 6.45) is 9.52. The molecule has 21 heavy (non-hydrogen) atoms. The molecular formula is C19H31NO. The van der Waals surface area contributed by atoms with E-state index in [-0.39, 0.29) is 5.91 Å². The van der Waals surface area contributed by atoms with Crippen molar-refractivity contribution in [2.75, 3.05) is 6.54 Å². The molecule has 0 aromatic heterocycles. The summed E-state index contributed by atoms with van der Waals surface area (Å²) in [6.45, 7) is 9.61. The van der Waals surface area contributed by atoms with Gasteiger partial charge in [-0.3, -0.25) is 4.79 Å². The fourth-order valence-electron chi connectivity index (χ4n) is 4.04. The molecule has 1 fully saturated rings. The zero-order chi connectivity index (χ0) is 15.4. The van der Waals surface area contributed by atoms with Gasteiger partial charge >= 0.3 is 0 Å². The molecule has 2 aliphatic rings. The lowest BCUT2D eigenvalue weighted by molar-refractivity contribution is -0.117. The van der Waals surface area contributed by atoms with E-state index in [2.05, 4.69) is 32.2 Å². The first-order chi connectivity index (χ1) is 10.0. The molecule has 0 aromatic carbocycles.